The average Bonchev–Trinajstić information content (AvgIpc) is 2.48. The van der Waals surface area contributed by atoms with E-state index < -0.39 is 0 Å². The molecular formula is C17H27ClFN3O. The molecule has 1 unspecified atom stereocenters. The van der Waals surface area contributed by atoms with Crippen LogP contribution in [0.2, 0.25) is 0 Å². The van der Waals surface area contributed by atoms with Crippen molar-refractivity contribution in [1.29, 1.82) is 0 Å². The Hall–Kier alpha value is -1.17. The van der Waals surface area contributed by atoms with Crippen LogP contribution in [0, 0.1) is 11.7 Å². The van der Waals surface area contributed by atoms with E-state index in [-0.39, 0.29) is 30.0 Å². The number of benzene rings is 1. The van der Waals surface area contributed by atoms with Crippen molar-refractivity contribution in [2.24, 2.45) is 5.92 Å². The third kappa shape index (κ3) is 7.77. The Kier molecular flexibility index (Phi) is 9.14. The van der Waals surface area contributed by atoms with Gasteiger partial charge in [0.15, 0.2) is 0 Å². The maximum Gasteiger partial charge on any atom is 0.220 e. The van der Waals surface area contributed by atoms with Gasteiger partial charge < -0.3 is 10.6 Å². The van der Waals surface area contributed by atoms with Gasteiger partial charge in [-0.15, -0.1) is 12.4 Å². The molecule has 6 heteroatoms. The first-order valence-corrected chi connectivity index (χ1v) is 8.07. The van der Waals surface area contributed by atoms with Gasteiger partial charge in [-0.25, -0.2) is 4.39 Å². The molecule has 1 fully saturated rings. The van der Waals surface area contributed by atoms with Gasteiger partial charge in [-0.1, -0.05) is 19.1 Å². The normalized spacial score (nSPS) is 16.4. The molecule has 1 amide bonds. The molecule has 4 nitrogen and oxygen atoms in total. The third-order valence-electron chi connectivity index (χ3n) is 3.97. The largest absolute Gasteiger partial charge is 0.355 e. The minimum atomic E-state index is -0.217. The lowest BCUT2D eigenvalue weighted by atomic mass is 9.98. The number of halogens is 2. The van der Waals surface area contributed by atoms with Gasteiger partial charge in [0.05, 0.1) is 0 Å². The zero-order chi connectivity index (χ0) is 15.8. The number of amides is 1. The van der Waals surface area contributed by atoms with Gasteiger partial charge in [-0.05, 0) is 30.0 Å². The SMILES string of the molecule is CC(CC(=O)NCCN1CCNCC1)Cc1cccc(F)c1.Cl. The van der Waals surface area contributed by atoms with Crippen molar-refractivity contribution in [1.82, 2.24) is 15.5 Å². The van der Waals surface area contributed by atoms with Crippen LogP contribution in [0.5, 0.6) is 0 Å². The maximum atomic E-state index is 13.1. The van der Waals surface area contributed by atoms with Gasteiger partial charge in [-0.3, -0.25) is 9.69 Å². The highest BCUT2D eigenvalue weighted by atomic mass is 35.5. The Morgan fingerprint density at radius 3 is 2.83 bits per heavy atom. The van der Waals surface area contributed by atoms with Crippen LogP contribution in [0.15, 0.2) is 24.3 Å². The molecule has 130 valence electrons. The van der Waals surface area contributed by atoms with Gasteiger partial charge in [-0.2, -0.15) is 0 Å². The number of hydrogen-bond acceptors (Lipinski definition) is 3. The van der Waals surface area contributed by atoms with E-state index in [0.29, 0.717) is 13.0 Å². The van der Waals surface area contributed by atoms with E-state index in [1.807, 2.05) is 13.0 Å². The fourth-order valence-corrected chi connectivity index (χ4v) is 2.82. The van der Waals surface area contributed by atoms with Crippen LogP contribution in [0.1, 0.15) is 18.9 Å². The number of carbonyl (C=O) groups is 1. The van der Waals surface area contributed by atoms with Gasteiger partial charge in [0.1, 0.15) is 5.82 Å². The second kappa shape index (κ2) is 10.6. The number of nitrogens with one attached hydrogen (secondary N) is 2. The molecule has 2 N–H and O–H groups in total. The molecule has 23 heavy (non-hydrogen) atoms. The van der Waals surface area contributed by atoms with E-state index in [0.717, 1.165) is 44.7 Å². The molecule has 1 saturated heterocycles. The monoisotopic (exact) mass is 343 g/mol. The van der Waals surface area contributed by atoms with Gasteiger partial charge in [0, 0.05) is 45.7 Å². The highest BCUT2D eigenvalue weighted by Crippen LogP contribution is 2.12. The topological polar surface area (TPSA) is 44.4 Å². The zero-order valence-electron chi connectivity index (χ0n) is 13.7. The molecule has 1 aliphatic rings. The second-order valence-electron chi connectivity index (χ2n) is 6.08. The van der Waals surface area contributed by atoms with Crippen LogP contribution in [-0.4, -0.2) is 50.1 Å². The van der Waals surface area contributed by atoms with Gasteiger partial charge >= 0.3 is 0 Å². The van der Waals surface area contributed by atoms with E-state index in [1.165, 1.54) is 6.07 Å². The Bertz CT molecular complexity index is 481. The lowest BCUT2D eigenvalue weighted by Gasteiger charge is -2.27. The van der Waals surface area contributed by atoms with Crippen LogP contribution in [0.25, 0.3) is 0 Å². The summed E-state index contributed by atoms with van der Waals surface area (Å²) in [5.41, 5.74) is 0.945. The molecule has 0 spiro atoms. The molecule has 1 heterocycles. The quantitative estimate of drug-likeness (QED) is 0.794. The Morgan fingerprint density at radius 1 is 1.39 bits per heavy atom. The minimum Gasteiger partial charge on any atom is -0.355 e. The van der Waals surface area contributed by atoms with Crippen molar-refractivity contribution in [3.63, 3.8) is 0 Å². The molecule has 2 rings (SSSR count). The highest BCUT2D eigenvalue weighted by Gasteiger charge is 2.12. The van der Waals surface area contributed by atoms with E-state index in [4.69, 9.17) is 0 Å². The fourth-order valence-electron chi connectivity index (χ4n) is 2.82. The Labute approximate surface area is 144 Å². The van der Waals surface area contributed by atoms with E-state index in [9.17, 15) is 9.18 Å². The Balaban J connectivity index is 0.00000264. The number of hydrogen-bond donors (Lipinski definition) is 2. The first-order chi connectivity index (χ1) is 10.6. The third-order valence-corrected chi connectivity index (χ3v) is 3.97. The van der Waals surface area contributed by atoms with Crippen molar-refractivity contribution < 1.29 is 9.18 Å². The van der Waals surface area contributed by atoms with Crippen LogP contribution in [-0.2, 0) is 11.2 Å². The first-order valence-electron chi connectivity index (χ1n) is 8.07. The summed E-state index contributed by atoms with van der Waals surface area (Å²) in [6.45, 7) is 7.78. The summed E-state index contributed by atoms with van der Waals surface area (Å²) in [4.78, 5) is 14.3. The second-order valence-corrected chi connectivity index (χ2v) is 6.08. The fraction of sp³-hybridized carbons (Fsp3) is 0.588. The van der Waals surface area contributed by atoms with Crippen molar-refractivity contribution in [3.8, 4) is 0 Å². The van der Waals surface area contributed by atoms with Crippen LogP contribution >= 0.6 is 12.4 Å². The average molecular weight is 344 g/mol. The molecule has 0 aromatic heterocycles. The number of rotatable bonds is 7. The van der Waals surface area contributed by atoms with Crippen molar-refractivity contribution >= 4 is 18.3 Å². The standard InChI is InChI=1S/C17H26FN3O.ClH/c1-14(11-15-3-2-4-16(18)13-15)12-17(22)20-7-10-21-8-5-19-6-9-21;/h2-4,13-14,19H,5-12H2,1H3,(H,20,22);1H. The number of carbonyl (C=O) groups excluding carboxylic acids is 1. The maximum absolute atomic E-state index is 13.1. The summed E-state index contributed by atoms with van der Waals surface area (Å²) in [6.07, 6.45) is 1.21. The van der Waals surface area contributed by atoms with Crippen molar-refractivity contribution in [2.45, 2.75) is 19.8 Å². The molecule has 1 aromatic rings. The molecule has 1 aliphatic heterocycles. The predicted molar refractivity (Wildman–Crippen MR) is 93.5 cm³/mol. The van der Waals surface area contributed by atoms with E-state index in [1.54, 1.807) is 12.1 Å². The molecule has 1 aromatic carbocycles. The summed E-state index contributed by atoms with van der Waals surface area (Å²) >= 11 is 0. The van der Waals surface area contributed by atoms with Gasteiger partial charge in [0.2, 0.25) is 5.91 Å². The Morgan fingerprint density at radius 2 is 2.13 bits per heavy atom. The van der Waals surface area contributed by atoms with Crippen molar-refractivity contribution in [2.75, 3.05) is 39.3 Å². The molecule has 0 saturated carbocycles. The summed E-state index contributed by atoms with van der Waals surface area (Å²) in [7, 11) is 0. The number of nitrogens with zero attached hydrogens (tertiary/aromatic N) is 1. The zero-order valence-corrected chi connectivity index (χ0v) is 14.5. The van der Waals surface area contributed by atoms with E-state index >= 15 is 0 Å². The smallest absolute Gasteiger partial charge is 0.220 e. The predicted octanol–water partition coefficient (Wildman–Crippen LogP) is 1.84. The first kappa shape index (κ1) is 19.9. The van der Waals surface area contributed by atoms with Crippen molar-refractivity contribution in [3.05, 3.63) is 35.6 Å². The van der Waals surface area contributed by atoms with Gasteiger partial charge in [0.25, 0.3) is 0 Å². The lowest BCUT2D eigenvalue weighted by molar-refractivity contribution is -0.121. The molecule has 1 atom stereocenters. The van der Waals surface area contributed by atoms with Crippen LogP contribution in [0.4, 0.5) is 4.39 Å². The highest BCUT2D eigenvalue weighted by molar-refractivity contribution is 5.85. The van der Waals surface area contributed by atoms with Crippen LogP contribution < -0.4 is 10.6 Å². The summed E-state index contributed by atoms with van der Waals surface area (Å²) in [6, 6.07) is 6.60. The summed E-state index contributed by atoms with van der Waals surface area (Å²) in [5, 5.41) is 6.29. The summed E-state index contributed by atoms with van der Waals surface area (Å²) in [5.74, 6) is 0.0743. The van der Waals surface area contributed by atoms with Crippen LogP contribution in [0.3, 0.4) is 0 Å². The molecule has 0 aliphatic carbocycles. The lowest BCUT2D eigenvalue weighted by Crippen LogP contribution is -2.46. The molecule has 0 bridgehead atoms. The molecular weight excluding hydrogens is 317 g/mol. The van der Waals surface area contributed by atoms with E-state index in [2.05, 4.69) is 15.5 Å². The summed E-state index contributed by atoms with van der Waals surface area (Å²) < 4.78 is 13.1. The number of piperazine rings is 1. The minimum absolute atomic E-state index is 0. The molecule has 0 radical (unpaired) electrons.